The molecule has 3 nitrogen and oxygen atoms in total. The summed E-state index contributed by atoms with van der Waals surface area (Å²) in [6.07, 6.45) is 0. The van der Waals surface area contributed by atoms with Gasteiger partial charge in [-0.05, 0) is 25.9 Å². The lowest BCUT2D eigenvalue weighted by Gasteiger charge is -2.37. The molecule has 1 heterocycles. The van der Waals surface area contributed by atoms with E-state index in [9.17, 15) is 0 Å². The van der Waals surface area contributed by atoms with E-state index < -0.39 is 0 Å². The van der Waals surface area contributed by atoms with Gasteiger partial charge in [-0.3, -0.25) is 4.90 Å². The van der Waals surface area contributed by atoms with Gasteiger partial charge in [-0.2, -0.15) is 0 Å². The van der Waals surface area contributed by atoms with E-state index in [1.165, 1.54) is 32.7 Å². The van der Waals surface area contributed by atoms with E-state index in [1.807, 2.05) is 0 Å². The van der Waals surface area contributed by atoms with Gasteiger partial charge in [-0.25, -0.2) is 0 Å². The first-order chi connectivity index (χ1) is 7.63. The normalized spacial score (nSPS) is 21.6. The molecule has 3 heteroatoms. The van der Waals surface area contributed by atoms with Crippen LogP contribution in [-0.4, -0.2) is 61.7 Å². The van der Waals surface area contributed by atoms with Crippen LogP contribution < -0.4 is 5.32 Å². The highest BCUT2D eigenvalue weighted by Crippen LogP contribution is 2.05. The molecule has 0 amide bonds. The van der Waals surface area contributed by atoms with E-state index in [1.54, 1.807) is 0 Å². The molecule has 1 fully saturated rings. The molecule has 0 radical (unpaired) electrons. The van der Waals surface area contributed by atoms with Crippen molar-refractivity contribution >= 4 is 0 Å². The maximum absolute atomic E-state index is 3.55. The smallest absolute Gasteiger partial charge is 0.0193 e. The average Bonchev–Trinajstić information content (AvgIpc) is 2.28. The van der Waals surface area contributed by atoms with Crippen LogP contribution >= 0.6 is 0 Å². The third-order valence-corrected chi connectivity index (χ3v) is 3.47. The molecule has 1 unspecified atom stereocenters. The maximum atomic E-state index is 3.55. The molecular formula is C13H29N3. The zero-order valence-corrected chi connectivity index (χ0v) is 11.5. The fraction of sp³-hybridized carbons (Fsp3) is 1.00. The minimum atomic E-state index is 0.678. The second-order valence-electron chi connectivity index (χ2n) is 5.37. The van der Waals surface area contributed by atoms with Crippen molar-refractivity contribution in [1.82, 2.24) is 15.1 Å². The van der Waals surface area contributed by atoms with Gasteiger partial charge < -0.3 is 10.2 Å². The monoisotopic (exact) mass is 227 g/mol. The number of hydrogen-bond acceptors (Lipinski definition) is 3. The third-order valence-electron chi connectivity index (χ3n) is 3.47. The topological polar surface area (TPSA) is 18.5 Å². The van der Waals surface area contributed by atoms with Crippen molar-refractivity contribution in [3.05, 3.63) is 0 Å². The highest BCUT2D eigenvalue weighted by atomic mass is 15.3. The first-order valence-electron chi connectivity index (χ1n) is 6.80. The maximum Gasteiger partial charge on any atom is 0.0193 e. The summed E-state index contributed by atoms with van der Waals surface area (Å²) in [6, 6.07) is 0.678. The Labute approximate surface area is 101 Å². The van der Waals surface area contributed by atoms with Gasteiger partial charge in [0.2, 0.25) is 0 Å². The predicted molar refractivity (Wildman–Crippen MR) is 70.9 cm³/mol. The summed E-state index contributed by atoms with van der Waals surface area (Å²) in [6.45, 7) is 17.5. The van der Waals surface area contributed by atoms with E-state index in [4.69, 9.17) is 0 Å². The van der Waals surface area contributed by atoms with Gasteiger partial charge in [-0.15, -0.1) is 0 Å². The Balaban J connectivity index is 2.15. The Bertz CT molecular complexity index is 174. The van der Waals surface area contributed by atoms with Gasteiger partial charge in [0.25, 0.3) is 0 Å². The SMILES string of the molecule is CCN1CCN(C(C)CNCC(C)C)CC1. The molecule has 0 aromatic rings. The Kier molecular flexibility index (Phi) is 6.32. The van der Waals surface area contributed by atoms with Crippen molar-refractivity contribution in [3.8, 4) is 0 Å². The minimum Gasteiger partial charge on any atom is -0.315 e. The minimum absolute atomic E-state index is 0.678. The van der Waals surface area contributed by atoms with Crippen molar-refractivity contribution in [2.45, 2.75) is 33.7 Å². The lowest BCUT2D eigenvalue weighted by atomic mass is 10.2. The summed E-state index contributed by atoms with van der Waals surface area (Å²) in [4.78, 5) is 5.14. The summed E-state index contributed by atoms with van der Waals surface area (Å²) >= 11 is 0. The Morgan fingerprint density at radius 2 is 1.62 bits per heavy atom. The van der Waals surface area contributed by atoms with Gasteiger partial charge >= 0.3 is 0 Å². The van der Waals surface area contributed by atoms with E-state index >= 15 is 0 Å². The zero-order chi connectivity index (χ0) is 12.0. The Morgan fingerprint density at radius 3 is 2.12 bits per heavy atom. The highest BCUT2D eigenvalue weighted by molar-refractivity contribution is 4.77. The molecule has 1 aliphatic rings. The Hall–Kier alpha value is -0.120. The molecular weight excluding hydrogens is 198 g/mol. The summed E-state index contributed by atoms with van der Waals surface area (Å²) < 4.78 is 0. The Morgan fingerprint density at radius 1 is 1.00 bits per heavy atom. The van der Waals surface area contributed by atoms with Crippen molar-refractivity contribution in [1.29, 1.82) is 0 Å². The molecule has 0 aromatic carbocycles. The predicted octanol–water partition coefficient (Wildman–Crippen LogP) is 1.26. The lowest BCUT2D eigenvalue weighted by Crippen LogP contribution is -2.51. The second-order valence-corrected chi connectivity index (χ2v) is 5.37. The van der Waals surface area contributed by atoms with Gasteiger partial charge in [0.15, 0.2) is 0 Å². The molecule has 1 rings (SSSR count). The fourth-order valence-electron chi connectivity index (χ4n) is 2.23. The summed E-state index contributed by atoms with van der Waals surface area (Å²) in [7, 11) is 0. The van der Waals surface area contributed by atoms with Crippen LogP contribution in [0.3, 0.4) is 0 Å². The van der Waals surface area contributed by atoms with Crippen LogP contribution in [0.4, 0.5) is 0 Å². The molecule has 0 aliphatic carbocycles. The first-order valence-corrected chi connectivity index (χ1v) is 6.80. The van der Waals surface area contributed by atoms with Crippen molar-refractivity contribution in [3.63, 3.8) is 0 Å². The molecule has 96 valence electrons. The number of hydrogen-bond donors (Lipinski definition) is 1. The number of nitrogens with one attached hydrogen (secondary N) is 1. The molecule has 0 saturated carbocycles. The van der Waals surface area contributed by atoms with Crippen LogP contribution in [0.2, 0.25) is 0 Å². The average molecular weight is 227 g/mol. The van der Waals surface area contributed by atoms with E-state index in [2.05, 4.69) is 42.8 Å². The van der Waals surface area contributed by atoms with Crippen LogP contribution in [0.25, 0.3) is 0 Å². The number of rotatable bonds is 6. The van der Waals surface area contributed by atoms with Crippen LogP contribution in [0.5, 0.6) is 0 Å². The van der Waals surface area contributed by atoms with Gasteiger partial charge in [0, 0.05) is 38.8 Å². The van der Waals surface area contributed by atoms with Crippen LogP contribution in [0.15, 0.2) is 0 Å². The van der Waals surface area contributed by atoms with Crippen LogP contribution in [-0.2, 0) is 0 Å². The zero-order valence-electron chi connectivity index (χ0n) is 11.5. The quantitative estimate of drug-likeness (QED) is 0.737. The first kappa shape index (κ1) is 13.9. The van der Waals surface area contributed by atoms with E-state index in [-0.39, 0.29) is 0 Å². The van der Waals surface area contributed by atoms with Crippen molar-refractivity contribution in [2.75, 3.05) is 45.8 Å². The van der Waals surface area contributed by atoms with Crippen molar-refractivity contribution in [2.24, 2.45) is 5.92 Å². The van der Waals surface area contributed by atoms with Gasteiger partial charge in [-0.1, -0.05) is 20.8 Å². The van der Waals surface area contributed by atoms with Crippen LogP contribution in [0, 0.1) is 5.92 Å². The lowest BCUT2D eigenvalue weighted by molar-refractivity contribution is 0.105. The number of piperazine rings is 1. The van der Waals surface area contributed by atoms with Gasteiger partial charge in [0.1, 0.15) is 0 Å². The molecule has 1 aliphatic heterocycles. The number of nitrogens with zero attached hydrogens (tertiary/aromatic N) is 2. The molecule has 0 spiro atoms. The molecule has 0 bridgehead atoms. The molecule has 1 atom stereocenters. The molecule has 1 N–H and O–H groups in total. The highest BCUT2D eigenvalue weighted by Gasteiger charge is 2.19. The summed E-state index contributed by atoms with van der Waals surface area (Å²) in [5, 5.41) is 3.55. The van der Waals surface area contributed by atoms with Crippen LogP contribution in [0.1, 0.15) is 27.7 Å². The summed E-state index contributed by atoms with van der Waals surface area (Å²) in [5.41, 5.74) is 0. The molecule has 0 aromatic heterocycles. The third kappa shape index (κ3) is 4.81. The molecule has 16 heavy (non-hydrogen) atoms. The largest absolute Gasteiger partial charge is 0.315 e. The van der Waals surface area contributed by atoms with Gasteiger partial charge in [0.05, 0.1) is 0 Å². The summed E-state index contributed by atoms with van der Waals surface area (Å²) in [5.74, 6) is 0.754. The second kappa shape index (κ2) is 7.25. The van der Waals surface area contributed by atoms with E-state index in [0.29, 0.717) is 6.04 Å². The number of likely N-dealkylation sites (N-methyl/N-ethyl adjacent to an activating group) is 1. The molecule has 1 saturated heterocycles. The fourth-order valence-corrected chi connectivity index (χ4v) is 2.23. The van der Waals surface area contributed by atoms with E-state index in [0.717, 1.165) is 19.0 Å². The standard InChI is InChI=1S/C13H29N3/c1-5-15-6-8-16(9-7-15)13(4)11-14-10-12(2)3/h12-14H,5-11H2,1-4H3. The van der Waals surface area contributed by atoms with Crippen molar-refractivity contribution < 1.29 is 0 Å².